The Morgan fingerprint density at radius 2 is 2.12 bits per heavy atom. The molecule has 0 aliphatic heterocycles. The number of rotatable bonds is 7. The molecule has 24 heavy (non-hydrogen) atoms. The molecule has 0 aliphatic carbocycles. The maximum Gasteiger partial charge on any atom is 0.310 e. The van der Waals surface area contributed by atoms with Crippen LogP contribution < -0.4 is 10.1 Å². The number of esters is 1. The summed E-state index contributed by atoms with van der Waals surface area (Å²) < 4.78 is 10.5. The third-order valence-corrected chi connectivity index (χ3v) is 3.61. The van der Waals surface area contributed by atoms with Gasteiger partial charge in [-0.2, -0.15) is 0 Å². The number of aliphatic hydroxyl groups excluding tert-OH is 1. The summed E-state index contributed by atoms with van der Waals surface area (Å²) in [5.41, 5.74) is 1.64. The van der Waals surface area contributed by atoms with E-state index in [-0.39, 0.29) is 24.5 Å². The van der Waals surface area contributed by atoms with Gasteiger partial charge in [0.25, 0.3) is 0 Å². The number of β-amino-alcohol motifs (C(OH)–C–C–N with tert-alkyl or cyclic N) is 1. The predicted molar refractivity (Wildman–Crippen MR) is 93.3 cm³/mol. The molecule has 1 aromatic carbocycles. The quantitative estimate of drug-likeness (QED) is 0.675. The van der Waals surface area contributed by atoms with E-state index in [2.05, 4.69) is 10.3 Å². The van der Waals surface area contributed by atoms with Gasteiger partial charge in [0.15, 0.2) is 0 Å². The average molecular weight is 334 g/mol. The molecule has 6 nitrogen and oxygen atoms in total. The van der Waals surface area contributed by atoms with Crippen LogP contribution in [0.5, 0.6) is 5.75 Å². The molecule has 0 spiro atoms. The summed E-state index contributed by atoms with van der Waals surface area (Å²) in [7, 11) is 1.37. The fraction of sp³-hybridized carbons (Fsp3) is 0.500. The molecule has 0 saturated heterocycles. The SMILES string of the molecule is COC(=O)Cc1c[nH]c2cccc(OCC(O)CNC(C)(C)C)c12. The number of fused-ring (bicyclic) bond motifs is 1. The molecule has 0 radical (unpaired) electrons. The molecule has 132 valence electrons. The topological polar surface area (TPSA) is 83.6 Å². The minimum Gasteiger partial charge on any atom is -0.490 e. The molecule has 3 N–H and O–H groups in total. The molecule has 0 fully saturated rings. The van der Waals surface area contributed by atoms with E-state index in [9.17, 15) is 9.90 Å². The van der Waals surface area contributed by atoms with Crippen molar-refractivity contribution in [2.75, 3.05) is 20.3 Å². The highest BCUT2D eigenvalue weighted by molar-refractivity contribution is 5.92. The number of methoxy groups -OCH3 is 1. The number of hydrogen-bond acceptors (Lipinski definition) is 5. The zero-order valence-electron chi connectivity index (χ0n) is 14.7. The molecular weight excluding hydrogens is 308 g/mol. The Bertz CT molecular complexity index is 688. The molecule has 1 atom stereocenters. The van der Waals surface area contributed by atoms with Gasteiger partial charge in [-0.15, -0.1) is 0 Å². The van der Waals surface area contributed by atoms with Crippen LogP contribution in [0, 0.1) is 0 Å². The van der Waals surface area contributed by atoms with E-state index in [0.717, 1.165) is 16.5 Å². The number of carbonyl (C=O) groups excluding carboxylic acids is 1. The van der Waals surface area contributed by atoms with Crippen LogP contribution >= 0.6 is 0 Å². The van der Waals surface area contributed by atoms with Gasteiger partial charge in [-0.05, 0) is 38.5 Å². The number of nitrogens with one attached hydrogen (secondary N) is 2. The number of carbonyl (C=O) groups is 1. The van der Waals surface area contributed by atoms with Crippen molar-refractivity contribution in [3.63, 3.8) is 0 Å². The van der Waals surface area contributed by atoms with Crippen molar-refractivity contribution in [2.45, 2.75) is 38.8 Å². The summed E-state index contributed by atoms with van der Waals surface area (Å²) in [6.45, 7) is 6.74. The van der Waals surface area contributed by atoms with Crippen LogP contribution in [0.15, 0.2) is 24.4 Å². The van der Waals surface area contributed by atoms with Gasteiger partial charge in [-0.1, -0.05) is 6.07 Å². The lowest BCUT2D eigenvalue weighted by atomic mass is 10.1. The summed E-state index contributed by atoms with van der Waals surface area (Å²) in [5, 5.41) is 14.2. The Labute approximate surface area is 142 Å². The van der Waals surface area contributed by atoms with Crippen molar-refractivity contribution in [1.82, 2.24) is 10.3 Å². The van der Waals surface area contributed by atoms with Gasteiger partial charge in [-0.3, -0.25) is 4.79 Å². The molecule has 2 aromatic rings. The summed E-state index contributed by atoms with van der Waals surface area (Å²) in [4.78, 5) is 14.7. The van der Waals surface area contributed by atoms with E-state index in [0.29, 0.717) is 12.3 Å². The van der Waals surface area contributed by atoms with Crippen molar-refractivity contribution in [3.8, 4) is 5.75 Å². The molecule has 0 aliphatic rings. The minimum atomic E-state index is -0.623. The zero-order valence-corrected chi connectivity index (χ0v) is 14.7. The van der Waals surface area contributed by atoms with Crippen molar-refractivity contribution in [3.05, 3.63) is 30.0 Å². The highest BCUT2D eigenvalue weighted by Crippen LogP contribution is 2.29. The second-order valence-corrected chi connectivity index (χ2v) is 6.84. The van der Waals surface area contributed by atoms with E-state index in [1.165, 1.54) is 7.11 Å². The maximum absolute atomic E-state index is 11.6. The number of benzene rings is 1. The van der Waals surface area contributed by atoms with Crippen LogP contribution in [-0.4, -0.2) is 48.0 Å². The number of aromatic nitrogens is 1. The third-order valence-electron chi connectivity index (χ3n) is 3.61. The molecule has 0 amide bonds. The van der Waals surface area contributed by atoms with Gasteiger partial charge in [-0.25, -0.2) is 0 Å². The largest absolute Gasteiger partial charge is 0.490 e. The van der Waals surface area contributed by atoms with Gasteiger partial charge >= 0.3 is 5.97 Å². The van der Waals surface area contributed by atoms with Gasteiger partial charge in [0, 0.05) is 29.2 Å². The Morgan fingerprint density at radius 1 is 1.38 bits per heavy atom. The van der Waals surface area contributed by atoms with Crippen LogP contribution in [0.2, 0.25) is 0 Å². The lowest BCUT2D eigenvalue weighted by Gasteiger charge is -2.23. The first kappa shape index (κ1) is 18.3. The number of ether oxygens (including phenoxy) is 2. The lowest BCUT2D eigenvalue weighted by molar-refractivity contribution is -0.139. The summed E-state index contributed by atoms with van der Waals surface area (Å²) in [6.07, 6.45) is 1.33. The Hall–Kier alpha value is -2.05. The highest BCUT2D eigenvalue weighted by Gasteiger charge is 2.16. The number of hydrogen-bond donors (Lipinski definition) is 3. The van der Waals surface area contributed by atoms with Crippen LogP contribution in [0.25, 0.3) is 10.9 Å². The smallest absolute Gasteiger partial charge is 0.310 e. The molecule has 2 rings (SSSR count). The lowest BCUT2D eigenvalue weighted by Crippen LogP contribution is -2.42. The fourth-order valence-corrected chi connectivity index (χ4v) is 2.38. The molecule has 1 unspecified atom stereocenters. The number of aromatic amines is 1. The maximum atomic E-state index is 11.6. The van der Waals surface area contributed by atoms with Crippen LogP contribution in [-0.2, 0) is 16.0 Å². The van der Waals surface area contributed by atoms with Crippen molar-refractivity contribution in [2.24, 2.45) is 0 Å². The minimum absolute atomic E-state index is 0.0602. The zero-order chi connectivity index (χ0) is 17.7. The summed E-state index contributed by atoms with van der Waals surface area (Å²) in [6, 6.07) is 5.62. The van der Waals surface area contributed by atoms with Crippen molar-refractivity contribution in [1.29, 1.82) is 0 Å². The van der Waals surface area contributed by atoms with E-state index in [1.54, 1.807) is 6.20 Å². The van der Waals surface area contributed by atoms with Gasteiger partial charge in [0.05, 0.1) is 13.5 Å². The Kier molecular flexibility index (Phi) is 5.85. The molecule has 0 bridgehead atoms. The molecule has 1 aromatic heterocycles. The van der Waals surface area contributed by atoms with Crippen molar-refractivity contribution >= 4 is 16.9 Å². The van der Waals surface area contributed by atoms with Gasteiger partial charge < -0.3 is 24.9 Å². The Balaban J connectivity index is 2.08. The molecule has 0 saturated carbocycles. The average Bonchev–Trinajstić information content (AvgIpc) is 2.93. The third kappa shape index (κ3) is 4.97. The van der Waals surface area contributed by atoms with E-state index in [4.69, 9.17) is 9.47 Å². The normalized spacial score (nSPS) is 13.0. The highest BCUT2D eigenvalue weighted by atomic mass is 16.5. The standard InChI is InChI=1S/C18H26N2O4/c1-18(2,3)20-10-13(21)11-24-15-7-5-6-14-17(15)12(9-19-14)8-16(22)23-4/h5-7,9,13,19-21H,8,10-11H2,1-4H3. The van der Waals surface area contributed by atoms with Crippen LogP contribution in [0.1, 0.15) is 26.3 Å². The first-order chi connectivity index (χ1) is 11.3. The van der Waals surface area contributed by atoms with Gasteiger partial charge in [0.1, 0.15) is 18.5 Å². The first-order valence-corrected chi connectivity index (χ1v) is 8.02. The number of H-pyrrole nitrogens is 1. The second kappa shape index (κ2) is 7.68. The van der Waals surface area contributed by atoms with Crippen LogP contribution in [0.3, 0.4) is 0 Å². The second-order valence-electron chi connectivity index (χ2n) is 6.84. The van der Waals surface area contributed by atoms with Crippen LogP contribution in [0.4, 0.5) is 0 Å². The first-order valence-electron chi connectivity index (χ1n) is 8.02. The number of aliphatic hydroxyl groups is 1. The molecule has 6 heteroatoms. The van der Waals surface area contributed by atoms with E-state index < -0.39 is 6.10 Å². The molecule has 1 heterocycles. The van der Waals surface area contributed by atoms with Crippen molar-refractivity contribution < 1.29 is 19.4 Å². The predicted octanol–water partition coefficient (Wildman–Crippen LogP) is 2.01. The summed E-state index contributed by atoms with van der Waals surface area (Å²) in [5.74, 6) is 0.336. The molecular formula is C18H26N2O4. The summed E-state index contributed by atoms with van der Waals surface area (Å²) >= 11 is 0. The monoisotopic (exact) mass is 334 g/mol. The Morgan fingerprint density at radius 3 is 2.79 bits per heavy atom. The van der Waals surface area contributed by atoms with Gasteiger partial charge in [0.2, 0.25) is 0 Å². The van der Waals surface area contributed by atoms with E-state index in [1.807, 2.05) is 39.0 Å². The fourth-order valence-electron chi connectivity index (χ4n) is 2.38. The van der Waals surface area contributed by atoms with E-state index >= 15 is 0 Å².